The molecule has 0 fully saturated rings. The average Bonchev–Trinajstić information content (AvgIpc) is 2.97. The molecule has 1 N–H and O–H groups in total. The van der Waals surface area contributed by atoms with E-state index in [1.807, 2.05) is 65.8 Å². The lowest BCUT2D eigenvalue weighted by Crippen LogP contribution is -2.31. The molecule has 0 radical (unpaired) electrons. The molecule has 0 aliphatic heterocycles. The van der Waals surface area contributed by atoms with Crippen LogP contribution in [0.3, 0.4) is 0 Å². The van der Waals surface area contributed by atoms with Gasteiger partial charge < -0.3 is 10.1 Å². The van der Waals surface area contributed by atoms with E-state index in [1.54, 1.807) is 0 Å². The number of esters is 1. The van der Waals surface area contributed by atoms with Gasteiger partial charge >= 0.3 is 5.97 Å². The third-order valence-corrected chi connectivity index (χ3v) is 6.00. The monoisotopic (exact) mass is 425 g/mol. The number of ether oxygens (including phenoxy) is 1. The highest BCUT2D eigenvalue weighted by Gasteiger charge is 2.24. The highest BCUT2D eigenvalue weighted by molar-refractivity contribution is 7.20. The molecule has 0 saturated heterocycles. The van der Waals surface area contributed by atoms with Gasteiger partial charge in [-0.15, -0.1) is 11.3 Å². The summed E-state index contributed by atoms with van der Waals surface area (Å²) in [7, 11) is 0. The number of rotatable bonds is 6. The lowest BCUT2D eigenvalue weighted by atomic mass is 10.0. The third-order valence-electron chi connectivity index (χ3n) is 4.81. The molecule has 1 amide bonds. The molecule has 30 heavy (non-hydrogen) atoms. The second kappa shape index (κ2) is 8.92. The van der Waals surface area contributed by atoms with E-state index in [2.05, 4.69) is 15.3 Å². The van der Waals surface area contributed by atoms with Crippen LogP contribution >= 0.6 is 11.3 Å². The SMILES string of the molecule is Cc1ccc(C(CC(=O)OC(C)C)NC(=O)c2sc3nc(C)nc(C)c3c2C)cc1. The minimum atomic E-state index is -0.483. The summed E-state index contributed by atoms with van der Waals surface area (Å²) in [6.45, 7) is 11.3. The molecule has 1 unspecified atom stereocenters. The maximum absolute atomic E-state index is 13.2. The minimum Gasteiger partial charge on any atom is -0.463 e. The molecule has 0 saturated carbocycles. The number of hydrogen-bond acceptors (Lipinski definition) is 6. The molecule has 1 aromatic carbocycles. The van der Waals surface area contributed by atoms with E-state index in [1.165, 1.54) is 11.3 Å². The topological polar surface area (TPSA) is 81.2 Å². The number of fused-ring (bicyclic) bond motifs is 1. The highest BCUT2D eigenvalue weighted by Crippen LogP contribution is 2.32. The van der Waals surface area contributed by atoms with Crippen LogP contribution in [0.5, 0.6) is 0 Å². The first-order valence-corrected chi connectivity index (χ1v) is 10.8. The lowest BCUT2D eigenvalue weighted by Gasteiger charge is -2.19. The molecular weight excluding hydrogens is 398 g/mol. The van der Waals surface area contributed by atoms with Gasteiger partial charge in [-0.3, -0.25) is 9.59 Å². The largest absolute Gasteiger partial charge is 0.463 e. The average molecular weight is 426 g/mol. The number of nitrogens with one attached hydrogen (secondary N) is 1. The Bertz CT molecular complexity index is 1090. The zero-order chi connectivity index (χ0) is 22.0. The van der Waals surface area contributed by atoms with Crippen molar-refractivity contribution >= 4 is 33.4 Å². The van der Waals surface area contributed by atoms with E-state index in [4.69, 9.17) is 4.74 Å². The van der Waals surface area contributed by atoms with Crippen molar-refractivity contribution in [2.75, 3.05) is 0 Å². The molecule has 7 heteroatoms. The molecular formula is C23H27N3O3S. The maximum atomic E-state index is 13.2. The standard InChI is InChI=1S/C23H27N3O3S/c1-12(2)29-19(27)11-18(17-9-7-13(3)8-10-17)26-22(28)21-14(4)20-15(5)24-16(6)25-23(20)30-21/h7-10,12,18H,11H2,1-6H3,(H,26,28). The third kappa shape index (κ3) is 4.84. The van der Waals surface area contributed by atoms with Gasteiger partial charge in [0.15, 0.2) is 0 Å². The molecule has 3 rings (SSSR count). The number of aryl methyl sites for hydroxylation is 4. The fraction of sp³-hybridized carbons (Fsp3) is 0.391. The van der Waals surface area contributed by atoms with Gasteiger partial charge in [0, 0.05) is 11.1 Å². The van der Waals surface area contributed by atoms with Crippen molar-refractivity contribution in [2.24, 2.45) is 0 Å². The molecule has 2 heterocycles. The van der Waals surface area contributed by atoms with Gasteiger partial charge in [-0.25, -0.2) is 9.97 Å². The summed E-state index contributed by atoms with van der Waals surface area (Å²) in [5.74, 6) is 0.110. The van der Waals surface area contributed by atoms with Gasteiger partial charge in [-0.2, -0.15) is 0 Å². The Balaban J connectivity index is 1.91. The van der Waals surface area contributed by atoms with Crippen LogP contribution in [-0.4, -0.2) is 27.9 Å². The highest BCUT2D eigenvalue weighted by atomic mass is 32.1. The summed E-state index contributed by atoms with van der Waals surface area (Å²) in [6.07, 6.45) is -0.143. The Kier molecular flexibility index (Phi) is 6.51. The Labute approximate surface area is 180 Å². The van der Waals surface area contributed by atoms with Crippen LogP contribution in [0, 0.1) is 27.7 Å². The number of hydrogen-bond donors (Lipinski definition) is 1. The Hall–Kier alpha value is -2.80. The minimum absolute atomic E-state index is 0.0644. The van der Waals surface area contributed by atoms with Gasteiger partial charge in [0.1, 0.15) is 10.7 Å². The Morgan fingerprint density at radius 3 is 2.37 bits per heavy atom. The van der Waals surface area contributed by atoms with E-state index in [-0.39, 0.29) is 24.4 Å². The van der Waals surface area contributed by atoms with Crippen LogP contribution in [0.4, 0.5) is 0 Å². The van der Waals surface area contributed by atoms with E-state index in [0.29, 0.717) is 10.7 Å². The molecule has 0 aliphatic carbocycles. The van der Waals surface area contributed by atoms with Gasteiger partial charge in [-0.05, 0) is 52.7 Å². The van der Waals surface area contributed by atoms with Gasteiger partial charge in [-0.1, -0.05) is 29.8 Å². The van der Waals surface area contributed by atoms with Crippen LogP contribution in [0.2, 0.25) is 0 Å². The molecule has 0 bridgehead atoms. The Morgan fingerprint density at radius 2 is 1.73 bits per heavy atom. The van der Waals surface area contributed by atoms with Crippen molar-refractivity contribution in [3.8, 4) is 0 Å². The van der Waals surface area contributed by atoms with E-state index in [9.17, 15) is 9.59 Å². The molecule has 3 aromatic rings. The number of amides is 1. The van der Waals surface area contributed by atoms with Crippen molar-refractivity contribution in [2.45, 2.75) is 60.1 Å². The van der Waals surface area contributed by atoms with Crippen molar-refractivity contribution in [1.29, 1.82) is 0 Å². The van der Waals surface area contributed by atoms with Crippen LogP contribution in [-0.2, 0) is 9.53 Å². The molecule has 0 spiro atoms. The number of aromatic nitrogens is 2. The lowest BCUT2D eigenvalue weighted by molar-refractivity contribution is -0.147. The first-order chi connectivity index (χ1) is 14.2. The summed E-state index contributed by atoms with van der Waals surface area (Å²) in [5.41, 5.74) is 3.69. The van der Waals surface area contributed by atoms with Crippen LogP contribution in [0.25, 0.3) is 10.2 Å². The van der Waals surface area contributed by atoms with Crippen LogP contribution < -0.4 is 5.32 Å². The molecule has 1 atom stereocenters. The quantitative estimate of drug-likeness (QED) is 0.577. The summed E-state index contributed by atoms with van der Waals surface area (Å²) in [4.78, 5) is 35.8. The number of carbonyl (C=O) groups excluding carboxylic acids is 2. The predicted molar refractivity (Wildman–Crippen MR) is 119 cm³/mol. The van der Waals surface area contributed by atoms with E-state index >= 15 is 0 Å². The Morgan fingerprint density at radius 1 is 1.07 bits per heavy atom. The molecule has 0 aliphatic rings. The first kappa shape index (κ1) is 21.9. The van der Waals surface area contributed by atoms with Crippen molar-refractivity contribution in [3.63, 3.8) is 0 Å². The zero-order valence-corrected chi connectivity index (χ0v) is 19.0. The van der Waals surface area contributed by atoms with Crippen molar-refractivity contribution in [1.82, 2.24) is 15.3 Å². The maximum Gasteiger partial charge on any atom is 0.308 e. The fourth-order valence-corrected chi connectivity index (χ4v) is 4.62. The van der Waals surface area contributed by atoms with Crippen LogP contribution in [0.15, 0.2) is 24.3 Å². The fourth-order valence-electron chi connectivity index (χ4n) is 3.44. The van der Waals surface area contributed by atoms with E-state index in [0.717, 1.165) is 32.6 Å². The smallest absolute Gasteiger partial charge is 0.308 e. The summed E-state index contributed by atoms with van der Waals surface area (Å²) in [6, 6.07) is 7.31. The van der Waals surface area contributed by atoms with E-state index < -0.39 is 6.04 Å². The summed E-state index contributed by atoms with van der Waals surface area (Å²) >= 11 is 1.35. The second-order valence-electron chi connectivity index (χ2n) is 7.77. The van der Waals surface area contributed by atoms with Crippen molar-refractivity contribution in [3.05, 3.63) is 57.4 Å². The number of benzene rings is 1. The second-order valence-corrected chi connectivity index (χ2v) is 8.77. The number of nitrogens with zero attached hydrogens (tertiary/aromatic N) is 2. The first-order valence-electron chi connectivity index (χ1n) is 9.97. The van der Waals surface area contributed by atoms with Gasteiger partial charge in [0.25, 0.3) is 5.91 Å². The molecule has 2 aromatic heterocycles. The van der Waals surface area contributed by atoms with Crippen molar-refractivity contribution < 1.29 is 14.3 Å². The zero-order valence-electron chi connectivity index (χ0n) is 18.2. The predicted octanol–water partition coefficient (Wildman–Crippen LogP) is 4.74. The molecule has 6 nitrogen and oxygen atoms in total. The summed E-state index contributed by atoms with van der Waals surface area (Å²) < 4.78 is 5.31. The van der Waals surface area contributed by atoms with Crippen LogP contribution in [0.1, 0.15) is 64.2 Å². The van der Waals surface area contributed by atoms with Gasteiger partial charge in [0.2, 0.25) is 0 Å². The van der Waals surface area contributed by atoms with Gasteiger partial charge in [0.05, 0.1) is 23.4 Å². The normalized spacial score (nSPS) is 12.2. The molecule has 158 valence electrons. The number of thiophene rings is 1. The number of carbonyl (C=O) groups is 2. The summed E-state index contributed by atoms with van der Waals surface area (Å²) in [5, 5.41) is 3.95.